The van der Waals surface area contributed by atoms with Crippen molar-refractivity contribution in [1.82, 2.24) is 0 Å². The highest BCUT2D eigenvalue weighted by Crippen LogP contribution is 2.20. The van der Waals surface area contributed by atoms with Crippen molar-refractivity contribution in [3.05, 3.63) is 0 Å². The fourth-order valence-corrected chi connectivity index (χ4v) is 1.84. The van der Waals surface area contributed by atoms with E-state index in [1.807, 2.05) is 13.8 Å². The van der Waals surface area contributed by atoms with Crippen LogP contribution in [0.4, 0.5) is 0 Å². The average Bonchev–Trinajstić information content (AvgIpc) is 2.15. The predicted octanol–water partition coefficient (Wildman–Crippen LogP) is 1.89. The van der Waals surface area contributed by atoms with Gasteiger partial charge in [-0.2, -0.15) is 0 Å². The fraction of sp³-hybridized carbons (Fsp3) is 0.917. The summed E-state index contributed by atoms with van der Waals surface area (Å²) in [6.07, 6.45) is 4.21. The second-order valence-electron chi connectivity index (χ2n) is 5.29. The Labute approximate surface area is 92.4 Å². The van der Waals surface area contributed by atoms with Crippen LogP contribution in [0, 0.1) is 5.92 Å². The Hall–Kier alpha value is -0.410. The fourth-order valence-electron chi connectivity index (χ4n) is 1.84. The number of ether oxygens (including phenoxy) is 1. The molecular formula is C12H23NO2. The Morgan fingerprint density at radius 3 is 2.53 bits per heavy atom. The molecule has 1 aliphatic heterocycles. The third-order valence-electron chi connectivity index (χ3n) is 2.91. The van der Waals surface area contributed by atoms with Gasteiger partial charge in [0.15, 0.2) is 0 Å². The van der Waals surface area contributed by atoms with E-state index in [1.54, 1.807) is 0 Å². The Bertz CT molecular complexity index is 202. The molecule has 0 aromatic rings. The van der Waals surface area contributed by atoms with Gasteiger partial charge in [0, 0.05) is 31.6 Å². The molecule has 1 rings (SSSR count). The lowest BCUT2D eigenvalue weighted by molar-refractivity contribution is -0.120. The van der Waals surface area contributed by atoms with Crippen LogP contribution in [0.1, 0.15) is 46.0 Å². The Morgan fingerprint density at radius 1 is 1.40 bits per heavy atom. The maximum Gasteiger partial charge on any atom is 0.133 e. The van der Waals surface area contributed by atoms with E-state index in [2.05, 4.69) is 0 Å². The first-order chi connectivity index (χ1) is 6.97. The molecule has 0 saturated carbocycles. The summed E-state index contributed by atoms with van der Waals surface area (Å²) >= 11 is 0. The van der Waals surface area contributed by atoms with E-state index < -0.39 is 0 Å². The van der Waals surface area contributed by atoms with Crippen molar-refractivity contribution >= 4 is 5.78 Å². The average molecular weight is 213 g/mol. The minimum Gasteiger partial charge on any atom is -0.381 e. The summed E-state index contributed by atoms with van der Waals surface area (Å²) in [6, 6.07) is 0. The molecule has 1 heterocycles. The monoisotopic (exact) mass is 213 g/mol. The quantitative estimate of drug-likeness (QED) is 0.758. The molecule has 0 aromatic carbocycles. The second kappa shape index (κ2) is 5.61. The highest BCUT2D eigenvalue weighted by molar-refractivity contribution is 5.78. The van der Waals surface area contributed by atoms with Gasteiger partial charge in [0.2, 0.25) is 0 Å². The molecule has 0 aliphatic carbocycles. The number of hydrogen-bond acceptors (Lipinski definition) is 3. The molecule has 1 saturated heterocycles. The number of hydrogen-bond donors (Lipinski definition) is 1. The van der Waals surface area contributed by atoms with E-state index in [0.717, 1.165) is 38.9 Å². The van der Waals surface area contributed by atoms with Crippen molar-refractivity contribution in [1.29, 1.82) is 0 Å². The van der Waals surface area contributed by atoms with Crippen molar-refractivity contribution in [2.45, 2.75) is 51.5 Å². The number of nitrogens with two attached hydrogens (primary N) is 1. The van der Waals surface area contributed by atoms with Crippen molar-refractivity contribution in [3.63, 3.8) is 0 Å². The molecule has 0 aromatic heterocycles. The highest BCUT2D eigenvalue weighted by atomic mass is 16.5. The molecule has 0 bridgehead atoms. The van der Waals surface area contributed by atoms with Crippen molar-refractivity contribution < 1.29 is 9.53 Å². The summed E-state index contributed by atoms with van der Waals surface area (Å²) in [7, 11) is 0. The first kappa shape index (κ1) is 12.7. The van der Waals surface area contributed by atoms with E-state index in [1.165, 1.54) is 0 Å². The Morgan fingerprint density at radius 2 is 2.00 bits per heavy atom. The van der Waals surface area contributed by atoms with Crippen LogP contribution >= 0.6 is 0 Å². The number of ketones is 1. The Balaban J connectivity index is 2.17. The summed E-state index contributed by atoms with van der Waals surface area (Å²) in [4.78, 5) is 11.7. The first-order valence-electron chi connectivity index (χ1n) is 5.86. The molecular weight excluding hydrogens is 190 g/mol. The normalized spacial score (nSPS) is 19.1. The highest BCUT2D eigenvalue weighted by Gasteiger charge is 2.19. The molecule has 0 unspecified atom stereocenters. The SMILES string of the molecule is CC(C)(N)CCC(=O)CC1CCOCC1. The lowest BCUT2D eigenvalue weighted by atomic mass is 9.90. The zero-order valence-electron chi connectivity index (χ0n) is 9.92. The van der Waals surface area contributed by atoms with Gasteiger partial charge < -0.3 is 10.5 Å². The maximum absolute atomic E-state index is 11.7. The van der Waals surface area contributed by atoms with Gasteiger partial charge >= 0.3 is 0 Å². The molecule has 0 spiro atoms. The summed E-state index contributed by atoms with van der Waals surface area (Å²) in [5.74, 6) is 0.910. The molecule has 0 radical (unpaired) electrons. The number of carbonyl (C=O) groups excluding carboxylic acids is 1. The number of rotatable bonds is 5. The smallest absolute Gasteiger partial charge is 0.133 e. The summed E-state index contributed by atoms with van der Waals surface area (Å²) < 4.78 is 5.26. The maximum atomic E-state index is 11.7. The van der Waals surface area contributed by atoms with E-state index in [4.69, 9.17) is 10.5 Å². The zero-order valence-corrected chi connectivity index (χ0v) is 9.92. The van der Waals surface area contributed by atoms with E-state index in [-0.39, 0.29) is 5.54 Å². The first-order valence-corrected chi connectivity index (χ1v) is 5.86. The van der Waals surface area contributed by atoms with E-state index in [9.17, 15) is 4.79 Å². The summed E-state index contributed by atoms with van der Waals surface area (Å²) in [6.45, 7) is 5.57. The minimum atomic E-state index is -0.217. The van der Waals surface area contributed by atoms with Crippen LogP contribution < -0.4 is 5.73 Å². The van der Waals surface area contributed by atoms with Crippen LogP contribution in [0.3, 0.4) is 0 Å². The largest absolute Gasteiger partial charge is 0.381 e. The van der Waals surface area contributed by atoms with Crippen LogP contribution in [0.5, 0.6) is 0 Å². The van der Waals surface area contributed by atoms with Crippen LogP contribution in [0.25, 0.3) is 0 Å². The lowest BCUT2D eigenvalue weighted by Crippen LogP contribution is -2.32. The Kier molecular flexibility index (Phi) is 4.74. The van der Waals surface area contributed by atoms with Gasteiger partial charge in [0.25, 0.3) is 0 Å². The zero-order chi connectivity index (χ0) is 11.3. The minimum absolute atomic E-state index is 0.217. The lowest BCUT2D eigenvalue weighted by Gasteiger charge is -2.22. The number of carbonyl (C=O) groups is 1. The summed E-state index contributed by atoms with van der Waals surface area (Å²) in [5, 5.41) is 0. The molecule has 1 fully saturated rings. The summed E-state index contributed by atoms with van der Waals surface area (Å²) in [5.41, 5.74) is 5.63. The van der Waals surface area contributed by atoms with Crippen LogP contribution in [-0.2, 0) is 9.53 Å². The topological polar surface area (TPSA) is 52.3 Å². The van der Waals surface area contributed by atoms with Crippen LogP contribution in [0.15, 0.2) is 0 Å². The second-order valence-corrected chi connectivity index (χ2v) is 5.29. The molecule has 88 valence electrons. The van der Waals surface area contributed by atoms with Gasteiger partial charge in [0.1, 0.15) is 5.78 Å². The van der Waals surface area contributed by atoms with Crippen molar-refractivity contribution in [3.8, 4) is 0 Å². The molecule has 0 atom stereocenters. The van der Waals surface area contributed by atoms with E-state index >= 15 is 0 Å². The van der Waals surface area contributed by atoms with Crippen LogP contribution in [-0.4, -0.2) is 24.5 Å². The van der Waals surface area contributed by atoms with Gasteiger partial charge in [-0.05, 0) is 39.0 Å². The van der Waals surface area contributed by atoms with Gasteiger partial charge in [-0.25, -0.2) is 0 Å². The molecule has 2 N–H and O–H groups in total. The molecule has 15 heavy (non-hydrogen) atoms. The predicted molar refractivity (Wildman–Crippen MR) is 60.7 cm³/mol. The van der Waals surface area contributed by atoms with Gasteiger partial charge in [-0.15, -0.1) is 0 Å². The number of Topliss-reactive ketones (excluding diaryl/α,β-unsaturated/α-hetero) is 1. The van der Waals surface area contributed by atoms with Gasteiger partial charge in [-0.3, -0.25) is 4.79 Å². The third kappa shape index (κ3) is 5.90. The van der Waals surface area contributed by atoms with E-state index in [0.29, 0.717) is 18.1 Å². The molecule has 3 heteroatoms. The van der Waals surface area contributed by atoms with Crippen LogP contribution in [0.2, 0.25) is 0 Å². The van der Waals surface area contributed by atoms with Gasteiger partial charge in [-0.1, -0.05) is 0 Å². The molecule has 3 nitrogen and oxygen atoms in total. The standard InChI is InChI=1S/C12H23NO2/c1-12(2,13)6-3-11(14)9-10-4-7-15-8-5-10/h10H,3-9,13H2,1-2H3. The van der Waals surface area contributed by atoms with Crippen molar-refractivity contribution in [2.75, 3.05) is 13.2 Å². The van der Waals surface area contributed by atoms with Crippen molar-refractivity contribution in [2.24, 2.45) is 11.7 Å². The molecule has 0 amide bonds. The third-order valence-corrected chi connectivity index (χ3v) is 2.91. The van der Waals surface area contributed by atoms with Gasteiger partial charge in [0.05, 0.1) is 0 Å². The molecule has 1 aliphatic rings.